The molecule has 2 aromatic heterocycles. The van der Waals surface area contributed by atoms with Gasteiger partial charge >= 0.3 is 5.97 Å². The summed E-state index contributed by atoms with van der Waals surface area (Å²) < 4.78 is 50.7. The molecular weight excluding hydrogens is 412 g/mol. The number of hydrogen-bond acceptors (Lipinski definition) is 3. The zero-order valence-electron chi connectivity index (χ0n) is 11.3. The molecule has 0 aliphatic rings. The van der Waals surface area contributed by atoms with E-state index in [0.717, 1.165) is 10.9 Å². The Bertz CT molecular complexity index is 659. The SMILES string of the molecule is C.C.C.Cn1cc(Br)c(C(F)F)n1.Cn1cc(C(=O)O)c(C(F)F)n1. The molecule has 0 saturated carbocycles. The molecule has 0 spiro atoms. The molecule has 11 heteroatoms. The maximum Gasteiger partial charge on any atom is 0.339 e. The fourth-order valence-corrected chi connectivity index (χ4v) is 2.00. The molecule has 2 heterocycles. The van der Waals surface area contributed by atoms with Crippen LogP contribution >= 0.6 is 15.9 Å². The van der Waals surface area contributed by atoms with Gasteiger partial charge in [-0.15, -0.1) is 0 Å². The van der Waals surface area contributed by atoms with E-state index in [1.54, 1.807) is 7.05 Å². The number of carboxylic acids is 1. The van der Waals surface area contributed by atoms with Crippen molar-refractivity contribution in [2.75, 3.05) is 0 Å². The highest BCUT2D eigenvalue weighted by molar-refractivity contribution is 9.10. The van der Waals surface area contributed by atoms with E-state index in [1.165, 1.54) is 17.9 Å². The minimum absolute atomic E-state index is 0. The van der Waals surface area contributed by atoms with Crippen LogP contribution in [0.4, 0.5) is 17.6 Å². The number of alkyl halides is 4. The van der Waals surface area contributed by atoms with Crippen LogP contribution in [-0.4, -0.2) is 30.6 Å². The van der Waals surface area contributed by atoms with Crippen molar-refractivity contribution in [3.05, 3.63) is 33.8 Å². The molecule has 0 radical (unpaired) electrons. The van der Waals surface area contributed by atoms with Crippen molar-refractivity contribution in [2.24, 2.45) is 14.1 Å². The number of carboxylic acid groups (broad SMARTS) is 1. The third kappa shape index (κ3) is 7.67. The number of carbonyl (C=O) groups is 1. The first-order valence-electron chi connectivity index (χ1n) is 5.65. The average molecular weight is 435 g/mol. The van der Waals surface area contributed by atoms with Crippen LogP contribution in [0.5, 0.6) is 0 Å². The Labute approximate surface area is 152 Å². The van der Waals surface area contributed by atoms with Gasteiger partial charge in [-0.05, 0) is 15.9 Å². The topological polar surface area (TPSA) is 72.9 Å². The Morgan fingerprint density at radius 2 is 1.40 bits per heavy atom. The van der Waals surface area contributed by atoms with Crippen molar-refractivity contribution in [1.82, 2.24) is 19.6 Å². The van der Waals surface area contributed by atoms with E-state index in [2.05, 4.69) is 26.1 Å². The second-order valence-corrected chi connectivity index (χ2v) is 4.90. The first-order chi connectivity index (χ1) is 10.1. The predicted molar refractivity (Wildman–Crippen MR) is 91.2 cm³/mol. The maximum atomic E-state index is 12.1. The number of aromatic nitrogens is 4. The summed E-state index contributed by atoms with van der Waals surface area (Å²) in [6.45, 7) is 0. The van der Waals surface area contributed by atoms with Gasteiger partial charge in [0.15, 0.2) is 0 Å². The molecule has 6 nitrogen and oxygen atoms in total. The molecule has 0 aromatic carbocycles. The third-order valence-corrected chi connectivity index (χ3v) is 2.92. The maximum absolute atomic E-state index is 12.1. The minimum Gasteiger partial charge on any atom is -0.478 e. The molecule has 1 N–H and O–H groups in total. The second-order valence-electron chi connectivity index (χ2n) is 4.04. The minimum atomic E-state index is -2.85. The highest BCUT2D eigenvalue weighted by atomic mass is 79.9. The Balaban J connectivity index is -0.000000350. The molecule has 0 aliphatic carbocycles. The van der Waals surface area contributed by atoms with Gasteiger partial charge in [0.05, 0.1) is 4.47 Å². The van der Waals surface area contributed by atoms with Crippen LogP contribution in [-0.2, 0) is 14.1 Å². The lowest BCUT2D eigenvalue weighted by molar-refractivity contribution is 0.0684. The second kappa shape index (κ2) is 11.6. The molecule has 0 fully saturated rings. The number of halogens is 5. The smallest absolute Gasteiger partial charge is 0.339 e. The standard InChI is InChI=1S/C6H6F2N2O2.C5H5BrF2N2.3CH4/c1-10-2-3(6(11)12)4(9-10)5(7)8;1-10-2-3(6)4(9-10)5(7)8;;;/h2,5H,1H3,(H,11,12);2,5H,1H3;3*1H4. The van der Waals surface area contributed by atoms with E-state index in [-0.39, 0.29) is 28.0 Å². The molecule has 0 aliphatic heterocycles. The van der Waals surface area contributed by atoms with Crippen molar-refractivity contribution in [3.8, 4) is 0 Å². The summed E-state index contributed by atoms with van der Waals surface area (Å²) in [5.41, 5.74) is -1.35. The number of rotatable bonds is 3. The average Bonchev–Trinajstić information content (AvgIpc) is 2.93. The summed E-state index contributed by atoms with van der Waals surface area (Å²) >= 11 is 2.95. The number of aromatic carboxylic acids is 1. The first kappa shape index (κ1) is 27.9. The van der Waals surface area contributed by atoms with E-state index in [1.807, 2.05) is 0 Å². The van der Waals surface area contributed by atoms with Gasteiger partial charge in [-0.3, -0.25) is 9.36 Å². The van der Waals surface area contributed by atoms with Crippen LogP contribution < -0.4 is 0 Å². The van der Waals surface area contributed by atoms with Crippen LogP contribution in [0.3, 0.4) is 0 Å². The highest BCUT2D eigenvalue weighted by Crippen LogP contribution is 2.24. The van der Waals surface area contributed by atoms with Crippen LogP contribution in [0.2, 0.25) is 0 Å². The van der Waals surface area contributed by atoms with E-state index >= 15 is 0 Å². The monoisotopic (exact) mass is 434 g/mol. The fourth-order valence-electron chi connectivity index (χ4n) is 1.46. The van der Waals surface area contributed by atoms with E-state index in [4.69, 9.17) is 5.11 Å². The van der Waals surface area contributed by atoms with E-state index in [9.17, 15) is 22.4 Å². The normalized spacial score (nSPS) is 9.48. The Kier molecular flexibility index (Phi) is 13.0. The summed E-state index contributed by atoms with van der Waals surface area (Å²) in [5, 5.41) is 15.3. The van der Waals surface area contributed by atoms with Crippen LogP contribution in [0.25, 0.3) is 0 Å². The van der Waals surface area contributed by atoms with Gasteiger partial charge in [0, 0.05) is 26.5 Å². The molecule has 146 valence electrons. The van der Waals surface area contributed by atoms with Gasteiger partial charge in [-0.2, -0.15) is 10.2 Å². The van der Waals surface area contributed by atoms with E-state index in [0.29, 0.717) is 4.47 Å². The zero-order valence-corrected chi connectivity index (χ0v) is 12.9. The van der Waals surface area contributed by atoms with Crippen molar-refractivity contribution < 1.29 is 27.5 Å². The largest absolute Gasteiger partial charge is 0.478 e. The van der Waals surface area contributed by atoms with Crippen LogP contribution in [0, 0.1) is 0 Å². The lowest BCUT2D eigenvalue weighted by Crippen LogP contribution is -1.99. The van der Waals surface area contributed by atoms with Gasteiger partial charge in [0.25, 0.3) is 12.9 Å². The van der Waals surface area contributed by atoms with Gasteiger partial charge in [0.2, 0.25) is 0 Å². The van der Waals surface area contributed by atoms with Gasteiger partial charge in [0.1, 0.15) is 17.0 Å². The summed E-state index contributed by atoms with van der Waals surface area (Å²) in [6, 6.07) is 0. The quantitative estimate of drug-likeness (QED) is 0.683. The number of aryl methyl sites for hydroxylation is 2. The number of nitrogens with zero attached hydrogens (tertiary/aromatic N) is 4. The summed E-state index contributed by atoms with van der Waals surface area (Å²) in [7, 11) is 2.98. The summed E-state index contributed by atoms with van der Waals surface area (Å²) in [5.74, 6) is -1.39. The van der Waals surface area contributed by atoms with Crippen molar-refractivity contribution in [2.45, 2.75) is 35.1 Å². The predicted octanol–water partition coefficient (Wildman–Crippen LogP) is 5.08. The lowest BCUT2D eigenvalue weighted by Gasteiger charge is -1.93. The fraction of sp³-hybridized carbons (Fsp3) is 0.500. The van der Waals surface area contributed by atoms with Gasteiger partial charge < -0.3 is 5.11 Å². The molecule has 2 aromatic rings. The first-order valence-corrected chi connectivity index (χ1v) is 6.45. The Morgan fingerprint density at radius 1 is 1.00 bits per heavy atom. The van der Waals surface area contributed by atoms with Crippen molar-refractivity contribution in [3.63, 3.8) is 0 Å². The van der Waals surface area contributed by atoms with Crippen LogP contribution in [0.15, 0.2) is 16.9 Å². The van der Waals surface area contributed by atoms with E-state index < -0.39 is 30.1 Å². The molecule has 0 amide bonds. The zero-order chi connectivity index (χ0) is 17.0. The Morgan fingerprint density at radius 3 is 1.64 bits per heavy atom. The molecule has 0 unspecified atom stereocenters. The highest BCUT2D eigenvalue weighted by Gasteiger charge is 2.21. The van der Waals surface area contributed by atoms with Gasteiger partial charge in [-0.1, -0.05) is 22.3 Å². The molecule has 0 atom stereocenters. The summed E-state index contributed by atoms with van der Waals surface area (Å²) in [6.07, 6.45) is -2.82. The summed E-state index contributed by atoms with van der Waals surface area (Å²) in [4.78, 5) is 10.4. The molecule has 0 bridgehead atoms. The molecule has 25 heavy (non-hydrogen) atoms. The molecule has 2 rings (SSSR count). The molecular formula is C14H23BrF4N4O2. The Hall–Kier alpha value is -1.91. The number of hydrogen-bond donors (Lipinski definition) is 1. The molecule has 0 saturated heterocycles. The van der Waals surface area contributed by atoms with Crippen molar-refractivity contribution >= 4 is 21.9 Å². The van der Waals surface area contributed by atoms with Crippen LogP contribution in [0.1, 0.15) is 56.9 Å². The third-order valence-electron chi connectivity index (χ3n) is 2.31. The lowest BCUT2D eigenvalue weighted by atomic mass is 10.2. The van der Waals surface area contributed by atoms with Crippen molar-refractivity contribution in [1.29, 1.82) is 0 Å². The van der Waals surface area contributed by atoms with Gasteiger partial charge in [-0.25, -0.2) is 22.4 Å².